The monoisotopic (exact) mass is 323 g/mol. The second-order valence-electron chi connectivity index (χ2n) is 5.88. The second kappa shape index (κ2) is 8.11. The summed E-state index contributed by atoms with van der Waals surface area (Å²) in [5, 5.41) is 15.7. The van der Waals surface area contributed by atoms with Crippen LogP contribution in [0.2, 0.25) is 0 Å². The van der Waals surface area contributed by atoms with Gasteiger partial charge in [-0.25, -0.2) is 4.79 Å². The number of carbonyl (C=O) groups excluding carboxylic acids is 2. The fourth-order valence-corrected chi connectivity index (χ4v) is 1.64. The summed E-state index contributed by atoms with van der Waals surface area (Å²) >= 11 is 0. The second-order valence-corrected chi connectivity index (χ2v) is 5.88. The Morgan fingerprint density at radius 2 is 1.83 bits per heavy atom. The zero-order valence-electron chi connectivity index (χ0n) is 13.4. The Balaban J connectivity index is 2.27. The molecule has 126 valence electrons. The smallest absolute Gasteiger partial charge is 0.407 e. The maximum absolute atomic E-state index is 11.7. The van der Waals surface area contributed by atoms with Crippen LogP contribution < -0.4 is 10.6 Å². The van der Waals surface area contributed by atoms with E-state index < -0.39 is 16.6 Å². The zero-order chi connectivity index (χ0) is 17.5. The van der Waals surface area contributed by atoms with Crippen molar-refractivity contribution in [3.05, 3.63) is 34.4 Å². The number of rotatable bonds is 6. The predicted molar refractivity (Wildman–Crippen MR) is 85.2 cm³/mol. The lowest BCUT2D eigenvalue weighted by Gasteiger charge is -2.19. The molecule has 0 heterocycles. The summed E-state index contributed by atoms with van der Waals surface area (Å²) in [6, 6.07) is 5.57. The molecule has 2 amide bonds. The van der Waals surface area contributed by atoms with Crippen molar-refractivity contribution in [1.29, 1.82) is 0 Å². The van der Waals surface area contributed by atoms with Gasteiger partial charge in [0.15, 0.2) is 0 Å². The first-order chi connectivity index (χ1) is 10.7. The Labute approximate surface area is 134 Å². The van der Waals surface area contributed by atoms with Crippen molar-refractivity contribution in [3.63, 3.8) is 0 Å². The number of ether oxygens (including phenoxy) is 1. The Kier molecular flexibility index (Phi) is 6.49. The van der Waals surface area contributed by atoms with E-state index in [1.807, 2.05) is 0 Å². The molecule has 0 radical (unpaired) electrons. The van der Waals surface area contributed by atoms with E-state index in [2.05, 4.69) is 10.6 Å². The largest absolute Gasteiger partial charge is 0.444 e. The Morgan fingerprint density at radius 1 is 1.22 bits per heavy atom. The molecule has 0 unspecified atom stereocenters. The molecule has 2 N–H and O–H groups in total. The van der Waals surface area contributed by atoms with Crippen molar-refractivity contribution >= 4 is 23.4 Å². The predicted octanol–water partition coefficient (Wildman–Crippen LogP) is 2.84. The van der Waals surface area contributed by atoms with Crippen molar-refractivity contribution < 1.29 is 19.2 Å². The van der Waals surface area contributed by atoms with Crippen LogP contribution in [0.15, 0.2) is 24.3 Å². The number of nitro benzene ring substituents is 1. The van der Waals surface area contributed by atoms with Gasteiger partial charge in [0.25, 0.3) is 5.69 Å². The Morgan fingerprint density at radius 3 is 2.35 bits per heavy atom. The minimum Gasteiger partial charge on any atom is -0.444 e. The summed E-state index contributed by atoms with van der Waals surface area (Å²) in [7, 11) is 0. The average molecular weight is 323 g/mol. The van der Waals surface area contributed by atoms with Gasteiger partial charge in [0, 0.05) is 30.8 Å². The van der Waals surface area contributed by atoms with Crippen LogP contribution in [0.25, 0.3) is 0 Å². The normalized spacial score (nSPS) is 10.7. The maximum Gasteiger partial charge on any atom is 0.407 e. The highest BCUT2D eigenvalue weighted by Gasteiger charge is 2.15. The van der Waals surface area contributed by atoms with E-state index in [0.717, 1.165) is 0 Å². The zero-order valence-corrected chi connectivity index (χ0v) is 13.4. The van der Waals surface area contributed by atoms with Crippen molar-refractivity contribution in [2.75, 3.05) is 11.9 Å². The van der Waals surface area contributed by atoms with Gasteiger partial charge >= 0.3 is 6.09 Å². The number of benzene rings is 1. The van der Waals surface area contributed by atoms with E-state index >= 15 is 0 Å². The SMILES string of the molecule is CC(C)(C)OC(=O)NCCCC(=O)Nc1ccc([N+](=O)[O-])cc1. The molecule has 8 nitrogen and oxygen atoms in total. The van der Waals surface area contributed by atoms with Gasteiger partial charge in [-0.05, 0) is 39.3 Å². The quantitative estimate of drug-likeness (QED) is 0.475. The third-order valence-electron chi connectivity index (χ3n) is 2.61. The van der Waals surface area contributed by atoms with Crippen LogP contribution >= 0.6 is 0 Å². The maximum atomic E-state index is 11.7. The fourth-order valence-electron chi connectivity index (χ4n) is 1.64. The number of amides is 2. The lowest BCUT2D eigenvalue weighted by atomic mass is 10.2. The van der Waals surface area contributed by atoms with Crippen LogP contribution in [0.1, 0.15) is 33.6 Å². The number of anilines is 1. The number of nitro groups is 1. The molecular formula is C15H21N3O5. The van der Waals surface area contributed by atoms with Gasteiger partial charge in [0.2, 0.25) is 5.91 Å². The molecule has 0 aliphatic rings. The number of hydrogen-bond donors (Lipinski definition) is 2. The van der Waals surface area contributed by atoms with E-state index in [1.165, 1.54) is 24.3 Å². The number of hydrogen-bond acceptors (Lipinski definition) is 5. The third kappa shape index (κ3) is 7.79. The summed E-state index contributed by atoms with van der Waals surface area (Å²) in [5.74, 6) is -0.232. The summed E-state index contributed by atoms with van der Waals surface area (Å²) in [6.45, 7) is 5.63. The number of nitrogens with zero attached hydrogens (tertiary/aromatic N) is 1. The molecule has 1 aromatic rings. The summed E-state index contributed by atoms with van der Waals surface area (Å²) in [5.41, 5.74) is -0.109. The topological polar surface area (TPSA) is 111 Å². The summed E-state index contributed by atoms with van der Waals surface area (Å²) in [6.07, 6.45) is 0.151. The standard InChI is InChI=1S/C15H21N3O5/c1-15(2,3)23-14(20)16-10-4-5-13(19)17-11-6-8-12(9-7-11)18(21)22/h6-9H,4-5,10H2,1-3H3,(H,16,20)(H,17,19). The van der Waals surface area contributed by atoms with Crippen LogP contribution in [0.5, 0.6) is 0 Å². The molecule has 0 aromatic heterocycles. The van der Waals surface area contributed by atoms with Crippen molar-refractivity contribution in [2.24, 2.45) is 0 Å². The Hall–Kier alpha value is -2.64. The summed E-state index contributed by atoms with van der Waals surface area (Å²) < 4.78 is 5.07. The van der Waals surface area contributed by atoms with Crippen molar-refractivity contribution in [1.82, 2.24) is 5.32 Å². The van der Waals surface area contributed by atoms with Gasteiger partial charge in [0.1, 0.15) is 5.60 Å². The molecule has 23 heavy (non-hydrogen) atoms. The first-order valence-corrected chi connectivity index (χ1v) is 7.18. The van der Waals surface area contributed by atoms with E-state index in [-0.39, 0.29) is 18.0 Å². The molecule has 8 heteroatoms. The van der Waals surface area contributed by atoms with Gasteiger partial charge in [-0.3, -0.25) is 14.9 Å². The molecule has 0 saturated carbocycles. The van der Waals surface area contributed by atoms with Crippen LogP contribution in [-0.2, 0) is 9.53 Å². The lowest BCUT2D eigenvalue weighted by Crippen LogP contribution is -2.33. The molecule has 0 aliphatic carbocycles. The highest BCUT2D eigenvalue weighted by molar-refractivity contribution is 5.90. The molecule has 0 atom stereocenters. The van der Waals surface area contributed by atoms with E-state index in [9.17, 15) is 19.7 Å². The van der Waals surface area contributed by atoms with E-state index in [0.29, 0.717) is 18.7 Å². The third-order valence-corrected chi connectivity index (χ3v) is 2.61. The first-order valence-electron chi connectivity index (χ1n) is 7.18. The minimum absolute atomic E-state index is 0.0374. The Bertz CT molecular complexity index is 563. The van der Waals surface area contributed by atoms with Gasteiger partial charge in [-0.1, -0.05) is 0 Å². The van der Waals surface area contributed by atoms with Gasteiger partial charge in [-0.2, -0.15) is 0 Å². The molecule has 0 saturated heterocycles. The highest BCUT2D eigenvalue weighted by Crippen LogP contribution is 2.15. The minimum atomic E-state index is -0.558. The van der Waals surface area contributed by atoms with Crippen LogP contribution in [0, 0.1) is 10.1 Å². The summed E-state index contributed by atoms with van der Waals surface area (Å²) in [4.78, 5) is 33.1. The molecule has 0 bridgehead atoms. The van der Waals surface area contributed by atoms with Crippen molar-refractivity contribution in [3.8, 4) is 0 Å². The molecule has 1 rings (SSSR count). The molecule has 0 aliphatic heterocycles. The van der Waals surface area contributed by atoms with Gasteiger partial charge in [0.05, 0.1) is 4.92 Å². The molecule has 0 fully saturated rings. The van der Waals surface area contributed by atoms with Crippen molar-refractivity contribution in [2.45, 2.75) is 39.2 Å². The fraction of sp³-hybridized carbons (Fsp3) is 0.467. The van der Waals surface area contributed by atoms with Crippen LogP contribution in [0.4, 0.5) is 16.2 Å². The van der Waals surface area contributed by atoms with E-state index in [4.69, 9.17) is 4.74 Å². The molecule has 0 spiro atoms. The first kappa shape index (κ1) is 18.4. The number of alkyl carbamates (subject to hydrolysis) is 1. The number of carbonyl (C=O) groups is 2. The van der Waals surface area contributed by atoms with Gasteiger partial charge in [-0.15, -0.1) is 0 Å². The molecule has 1 aromatic carbocycles. The number of nitrogens with one attached hydrogen (secondary N) is 2. The highest BCUT2D eigenvalue weighted by atomic mass is 16.6. The van der Waals surface area contributed by atoms with Gasteiger partial charge < -0.3 is 15.4 Å². The van der Waals surface area contributed by atoms with Crippen LogP contribution in [0.3, 0.4) is 0 Å². The van der Waals surface area contributed by atoms with Crippen LogP contribution in [-0.4, -0.2) is 29.1 Å². The van der Waals surface area contributed by atoms with E-state index in [1.54, 1.807) is 20.8 Å². The molecular weight excluding hydrogens is 302 g/mol. The number of non-ortho nitro benzene ring substituents is 1. The average Bonchev–Trinajstić information content (AvgIpc) is 2.42. The lowest BCUT2D eigenvalue weighted by molar-refractivity contribution is -0.384.